The number of sulfonamides is 1. The van der Waals surface area contributed by atoms with Crippen molar-refractivity contribution in [2.75, 3.05) is 6.54 Å². The molecule has 1 aliphatic heterocycles. The molecule has 6 nitrogen and oxygen atoms in total. The summed E-state index contributed by atoms with van der Waals surface area (Å²) >= 11 is 0. The van der Waals surface area contributed by atoms with Crippen LogP contribution in [0.2, 0.25) is 0 Å². The third kappa shape index (κ3) is 1.58. The Morgan fingerprint density at radius 3 is 2.44 bits per heavy atom. The lowest BCUT2D eigenvalue weighted by molar-refractivity contribution is -0.131. The zero-order valence-corrected chi connectivity index (χ0v) is 11.2. The maximum Gasteiger partial charge on any atom is 0.259 e. The third-order valence-electron chi connectivity index (χ3n) is 3.12. The van der Waals surface area contributed by atoms with Gasteiger partial charge < -0.3 is 4.57 Å². The first-order valence-electron chi connectivity index (χ1n) is 5.40. The second-order valence-corrected chi connectivity index (χ2v) is 7.23. The van der Waals surface area contributed by atoms with Crippen LogP contribution >= 0.6 is 0 Å². The molecule has 0 radical (unpaired) electrons. The summed E-state index contributed by atoms with van der Waals surface area (Å²) in [6.07, 6.45) is 3.27. The largest absolute Gasteiger partial charge is 0.357 e. The Labute approximate surface area is 105 Å². The number of aryl methyl sites for hydroxylation is 1. The van der Waals surface area contributed by atoms with Gasteiger partial charge in [-0.05, 0) is 19.9 Å². The van der Waals surface area contributed by atoms with Gasteiger partial charge in [-0.25, -0.2) is 12.7 Å². The van der Waals surface area contributed by atoms with Gasteiger partial charge in [-0.1, -0.05) is 0 Å². The first kappa shape index (κ1) is 12.8. The van der Waals surface area contributed by atoms with Gasteiger partial charge in [0.05, 0.1) is 0 Å². The molecule has 1 aromatic rings. The molecule has 0 unspecified atom stereocenters. The fraction of sp³-hybridized carbons (Fsp3) is 0.455. The number of carbonyl (C=O) groups is 2. The molecule has 0 N–H and O–H groups in total. The van der Waals surface area contributed by atoms with Crippen molar-refractivity contribution in [1.82, 2.24) is 8.87 Å². The molecule has 7 heteroatoms. The smallest absolute Gasteiger partial charge is 0.259 e. The van der Waals surface area contributed by atoms with E-state index in [1.54, 1.807) is 30.1 Å². The molecule has 0 aromatic carbocycles. The van der Waals surface area contributed by atoms with E-state index in [1.165, 1.54) is 13.8 Å². The minimum absolute atomic E-state index is 0.386. The Balaban J connectivity index is 2.18. The summed E-state index contributed by atoms with van der Waals surface area (Å²) in [7, 11) is -1.93. The Hall–Kier alpha value is -1.63. The molecular formula is C11H14N2O4S. The molecule has 0 saturated carbocycles. The van der Waals surface area contributed by atoms with Crippen LogP contribution in [0.1, 0.15) is 24.2 Å². The number of amides is 1. The highest BCUT2D eigenvalue weighted by molar-refractivity contribution is 7.94. The van der Waals surface area contributed by atoms with Crippen LogP contribution in [0.5, 0.6) is 0 Å². The van der Waals surface area contributed by atoms with Gasteiger partial charge in [0, 0.05) is 25.0 Å². The number of carbonyl (C=O) groups excluding carboxylic acids is 2. The van der Waals surface area contributed by atoms with Crippen molar-refractivity contribution in [3.05, 3.63) is 24.0 Å². The Morgan fingerprint density at radius 1 is 1.39 bits per heavy atom. The van der Waals surface area contributed by atoms with Gasteiger partial charge in [0.2, 0.25) is 0 Å². The van der Waals surface area contributed by atoms with Crippen molar-refractivity contribution in [2.24, 2.45) is 7.05 Å². The lowest BCUT2D eigenvalue weighted by Gasteiger charge is -2.42. The Morgan fingerprint density at radius 2 is 2.00 bits per heavy atom. The standard InChI is InChI=1S/C11H14N2O4S/c1-11(2)10(15)13(18(11,16)17)7-9(14)8-4-5-12(3)6-8/h4-6H,7H2,1-3H3. The van der Waals surface area contributed by atoms with E-state index in [2.05, 4.69) is 0 Å². The molecule has 1 aliphatic rings. The van der Waals surface area contributed by atoms with Crippen LogP contribution in [0.4, 0.5) is 0 Å². The fourth-order valence-electron chi connectivity index (χ4n) is 1.80. The molecule has 98 valence electrons. The van der Waals surface area contributed by atoms with E-state index in [4.69, 9.17) is 0 Å². The van der Waals surface area contributed by atoms with Crippen LogP contribution < -0.4 is 0 Å². The molecule has 2 rings (SSSR count). The summed E-state index contributed by atoms with van der Waals surface area (Å²) < 4.78 is 24.5. The number of ketones is 1. The average molecular weight is 270 g/mol. The topological polar surface area (TPSA) is 76.5 Å². The van der Waals surface area contributed by atoms with Crippen molar-refractivity contribution in [3.8, 4) is 0 Å². The van der Waals surface area contributed by atoms with Gasteiger partial charge in [-0.3, -0.25) is 9.59 Å². The van der Waals surface area contributed by atoms with E-state index in [0.29, 0.717) is 9.87 Å². The van der Waals surface area contributed by atoms with Crippen LogP contribution in [-0.2, 0) is 21.9 Å². The van der Waals surface area contributed by atoms with Crippen LogP contribution in [0.15, 0.2) is 18.5 Å². The van der Waals surface area contributed by atoms with Gasteiger partial charge >= 0.3 is 0 Å². The van der Waals surface area contributed by atoms with Crippen molar-refractivity contribution in [1.29, 1.82) is 0 Å². The Bertz CT molecular complexity index is 627. The van der Waals surface area contributed by atoms with Crippen molar-refractivity contribution in [2.45, 2.75) is 18.6 Å². The van der Waals surface area contributed by atoms with Crippen LogP contribution in [0.25, 0.3) is 0 Å². The van der Waals surface area contributed by atoms with Crippen molar-refractivity contribution >= 4 is 21.7 Å². The fourth-order valence-corrected chi connectivity index (χ4v) is 3.29. The normalized spacial score (nSPS) is 20.6. The van der Waals surface area contributed by atoms with E-state index >= 15 is 0 Å². The summed E-state index contributed by atoms with van der Waals surface area (Å²) in [6.45, 7) is 2.26. The van der Waals surface area contributed by atoms with Crippen LogP contribution in [-0.4, -0.2) is 40.3 Å². The second kappa shape index (κ2) is 3.68. The second-order valence-electron chi connectivity index (χ2n) is 4.82. The predicted octanol–water partition coefficient (Wildman–Crippen LogP) is 0.158. The van der Waals surface area contributed by atoms with Gasteiger partial charge in [0.15, 0.2) is 10.5 Å². The molecule has 0 bridgehead atoms. The first-order valence-corrected chi connectivity index (χ1v) is 6.84. The van der Waals surface area contributed by atoms with E-state index in [-0.39, 0.29) is 5.78 Å². The lowest BCUT2D eigenvalue weighted by Crippen LogP contribution is -2.68. The first-order chi connectivity index (χ1) is 8.18. The monoisotopic (exact) mass is 270 g/mol. The maximum absolute atomic E-state index is 11.8. The summed E-state index contributed by atoms with van der Waals surface area (Å²) in [5.74, 6) is -0.921. The highest BCUT2D eigenvalue weighted by Gasteiger charge is 2.60. The number of nitrogens with zero attached hydrogens (tertiary/aromatic N) is 2. The molecule has 0 atom stereocenters. The van der Waals surface area contributed by atoms with Crippen molar-refractivity contribution < 1.29 is 18.0 Å². The molecule has 1 amide bonds. The predicted molar refractivity (Wildman–Crippen MR) is 64.5 cm³/mol. The molecule has 1 aromatic heterocycles. The highest BCUT2D eigenvalue weighted by atomic mass is 32.2. The van der Waals surface area contributed by atoms with Gasteiger partial charge in [-0.15, -0.1) is 0 Å². The maximum atomic E-state index is 11.8. The van der Waals surface area contributed by atoms with E-state index in [1.807, 2.05) is 0 Å². The molecule has 2 heterocycles. The zero-order valence-electron chi connectivity index (χ0n) is 10.4. The van der Waals surface area contributed by atoms with E-state index < -0.39 is 27.2 Å². The lowest BCUT2D eigenvalue weighted by atomic mass is 10.1. The molecule has 0 spiro atoms. The molecular weight excluding hydrogens is 256 g/mol. The quantitative estimate of drug-likeness (QED) is 0.733. The molecule has 0 aliphatic carbocycles. The summed E-state index contributed by atoms with van der Waals surface area (Å²) in [5.41, 5.74) is 0.394. The number of rotatable bonds is 3. The van der Waals surface area contributed by atoms with E-state index in [9.17, 15) is 18.0 Å². The van der Waals surface area contributed by atoms with Crippen molar-refractivity contribution in [3.63, 3.8) is 0 Å². The highest BCUT2D eigenvalue weighted by Crippen LogP contribution is 2.34. The zero-order chi connectivity index (χ0) is 13.7. The van der Waals surface area contributed by atoms with E-state index in [0.717, 1.165) is 0 Å². The number of hydrogen-bond donors (Lipinski definition) is 0. The van der Waals surface area contributed by atoms with Gasteiger partial charge in [-0.2, -0.15) is 0 Å². The minimum atomic E-state index is -3.69. The third-order valence-corrected chi connectivity index (χ3v) is 5.46. The summed E-state index contributed by atoms with van der Waals surface area (Å²) in [5, 5.41) is 0. The Kier molecular flexibility index (Phi) is 2.62. The number of aromatic nitrogens is 1. The summed E-state index contributed by atoms with van der Waals surface area (Å²) in [6, 6.07) is 1.59. The van der Waals surface area contributed by atoms with Gasteiger partial charge in [0.1, 0.15) is 6.54 Å². The summed E-state index contributed by atoms with van der Waals surface area (Å²) in [4.78, 5) is 23.5. The van der Waals surface area contributed by atoms with Crippen LogP contribution in [0.3, 0.4) is 0 Å². The average Bonchev–Trinajstić information content (AvgIpc) is 2.71. The molecule has 1 saturated heterocycles. The number of hydrogen-bond acceptors (Lipinski definition) is 4. The molecule has 1 fully saturated rings. The molecule has 18 heavy (non-hydrogen) atoms. The minimum Gasteiger partial charge on any atom is -0.357 e. The number of Topliss-reactive ketones (excluding diaryl/α,β-unsaturated/α-hetero) is 1. The SMILES string of the molecule is Cn1ccc(C(=O)CN2C(=O)C(C)(C)S2(=O)=O)c1. The van der Waals surface area contributed by atoms with Crippen LogP contribution in [0, 0.1) is 0 Å². The van der Waals surface area contributed by atoms with Gasteiger partial charge in [0.25, 0.3) is 15.9 Å².